The van der Waals surface area contributed by atoms with E-state index < -0.39 is 5.91 Å². The van der Waals surface area contributed by atoms with Crippen molar-refractivity contribution in [2.24, 2.45) is 11.7 Å². The van der Waals surface area contributed by atoms with Crippen molar-refractivity contribution in [3.63, 3.8) is 0 Å². The number of anilines is 1. The maximum absolute atomic E-state index is 12.3. The minimum absolute atomic E-state index is 0.329. The standard InChI is InChI=1S/C19H18Cl2N2O2S/c1-10-2-5-12-15(8-10)26-19(17(12)18(22)25)23-16(24)7-4-11-3-6-13(20)14(21)9-11/h3-4,6-7,9-10H,2,5,8H2,1H3,(H2,22,25)(H,23,24)/b7-4+. The van der Waals surface area contributed by atoms with Crippen molar-refractivity contribution < 1.29 is 9.59 Å². The summed E-state index contributed by atoms with van der Waals surface area (Å²) >= 11 is 13.3. The molecule has 1 aliphatic carbocycles. The zero-order valence-corrected chi connectivity index (χ0v) is 16.5. The summed E-state index contributed by atoms with van der Waals surface area (Å²) in [6, 6.07) is 5.10. The van der Waals surface area contributed by atoms with Crippen LogP contribution in [0.3, 0.4) is 0 Å². The predicted molar refractivity (Wildman–Crippen MR) is 108 cm³/mol. The lowest BCUT2D eigenvalue weighted by atomic mass is 9.88. The zero-order chi connectivity index (χ0) is 18.8. The molecule has 1 aromatic carbocycles. The van der Waals surface area contributed by atoms with Gasteiger partial charge in [-0.3, -0.25) is 9.59 Å². The van der Waals surface area contributed by atoms with E-state index in [2.05, 4.69) is 12.2 Å². The summed E-state index contributed by atoms with van der Waals surface area (Å²) in [6.45, 7) is 2.19. The van der Waals surface area contributed by atoms with Gasteiger partial charge in [0.1, 0.15) is 5.00 Å². The molecule has 0 aliphatic heterocycles. The second-order valence-corrected chi connectivity index (χ2v) is 8.34. The van der Waals surface area contributed by atoms with Gasteiger partial charge in [0.05, 0.1) is 15.6 Å². The van der Waals surface area contributed by atoms with E-state index in [1.165, 1.54) is 17.4 Å². The minimum Gasteiger partial charge on any atom is -0.365 e. The van der Waals surface area contributed by atoms with Gasteiger partial charge in [0, 0.05) is 11.0 Å². The Kier molecular flexibility index (Phi) is 5.70. The molecule has 0 bridgehead atoms. The van der Waals surface area contributed by atoms with Crippen LogP contribution in [0.2, 0.25) is 10.0 Å². The van der Waals surface area contributed by atoms with Crippen LogP contribution in [-0.2, 0) is 17.6 Å². The highest BCUT2D eigenvalue weighted by Gasteiger charge is 2.26. The first-order chi connectivity index (χ1) is 12.3. The van der Waals surface area contributed by atoms with Gasteiger partial charge in [0.25, 0.3) is 5.91 Å². The second-order valence-electron chi connectivity index (χ2n) is 6.42. The van der Waals surface area contributed by atoms with E-state index in [0.717, 1.165) is 35.3 Å². The lowest BCUT2D eigenvalue weighted by Crippen LogP contribution is -2.18. The van der Waals surface area contributed by atoms with Gasteiger partial charge in [-0.25, -0.2) is 0 Å². The fraction of sp³-hybridized carbons (Fsp3) is 0.263. The first-order valence-electron chi connectivity index (χ1n) is 8.23. The summed E-state index contributed by atoms with van der Waals surface area (Å²) in [4.78, 5) is 25.3. The molecule has 2 amide bonds. The molecule has 1 atom stereocenters. The zero-order valence-electron chi connectivity index (χ0n) is 14.1. The number of halogens is 2. The van der Waals surface area contributed by atoms with Crippen molar-refractivity contribution in [1.29, 1.82) is 0 Å². The Labute approximate surface area is 166 Å². The average Bonchev–Trinajstić information content (AvgIpc) is 2.92. The summed E-state index contributed by atoms with van der Waals surface area (Å²) in [5.74, 6) is -0.258. The maximum atomic E-state index is 12.3. The average molecular weight is 409 g/mol. The van der Waals surface area contributed by atoms with Crippen molar-refractivity contribution in [3.8, 4) is 0 Å². The highest BCUT2D eigenvalue weighted by Crippen LogP contribution is 2.39. The number of nitrogens with two attached hydrogens (primary N) is 1. The molecule has 0 radical (unpaired) electrons. The third-order valence-electron chi connectivity index (χ3n) is 4.37. The molecule has 1 aliphatic rings. The van der Waals surface area contributed by atoms with E-state index in [0.29, 0.717) is 26.5 Å². The van der Waals surface area contributed by atoms with Crippen LogP contribution in [0, 0.1) is 5.92 Å². The first-order valence-corrected chi connectivity index (χ1v) is 9.81. The number of fused-ring (bicyclic) bond motifs is 1. The molecule has 2 aromatic rings. The number of amides is 2. The molecule has 7 heteroatoms. The van der Waals surface area contributed by atoms with Crippen LogP contribution in [0.4, 0.5) is 5.00 Å². The number of nitrogens with one attached hydrogen (secondary N) is 1. The van der Waals surface area contributed by atoms with Crippen molar-refractivity contribution in [1.82, 2.24) is 0 Å². The molecule has 136 valence electrons. The lowest BCUT2D eigenvalue weighted by molar-refractivity contribution is -0.111. The van der Waals surface area contributed by atoms with Gasteiger partial charge >= 0.3 is 0 Å². The van der Waals surface area contributed by atoms with Crippen LogP contribution in [-0.4, -0.2) is 11.8 Å². The predicted octanol–water partition coefficient (Wildman–Crippen LogP) is 4.93. The Hall–Kier alpha value is -1.82. The molecule has 3 rings (SSSR count). The quantitative estimate of drug-likeness (QED) is 0.703. The fourth-order valence-electron chi connectivity index (χ4n) is 3.04. The normalized spacial score (nSPS) is 16.5. The molecule has 0 spiro atoms. The molecule has 0 fully saturated rings. The molecule has 1 aromatic heterocycles. The number of benzene rings is 1. The second kappa shape index (κ2) is 7.82. The Morgan fingerprint density at radius 2 is 2.08 bits per heavy atom. The largest absolute Gasteiger partial charge is 0.365 e. The number of carbonyl (C=O) groups excluding carboxylic acids is 2. The molecule has 26 heavy (non-hydrogen) atoms. The highest BCUT2D eigenvalue weighted by atomic mass is 35.5. The molecule has 0 saturated heterocycles. The lowest BCUT2D eigenvalue weighted by Gasteiger charge is -2.18. The molecule has 1 unspecified atom stereocenters. The SMILES string of the molecule is CC1CCc2c(sc(NC(=O)/C=C/c3ccc(Cl)c(Cl)c3)c2C(N)=O)C1. The minimum atomic E-state index is -0.499. The van der Waals surface area contributed by atoms with Gasteiger partial charge in [-0.15, -0.1) is 11.3 Å². The fourth-order valence-corrected chi connectivity index (χ4v) is 4.77. The summed E-state index contributed by atoms with van der Waals surface area (Å²) in [6.07, 6.45) is 5.78. The van der Waals surface area contributed by atoms with Gasteiger partial charge < -0.3 is 11.1 Å². The van der Waals surface area contributed by atoms with E-state index in [4.69, 9.17) is 28.9 Å². The Morgan fingerprint density at radius 1 is 1.31 bits per heavy atom. The molecule has 3 N–H and O–H groups in total. The van der Waals surface area contributed by atoms with Crippen LogP contribution in [0.25, 0.3) is 6.08 Å². The van der Waals surface area contributed by atoms with Gasteiger partial charge in [-0.2, -0.15) is 0 Å². The van der Waals surface area contributed by atoms with E-state index >= 15 is 0 Å². The third kappa shape index (κ3) is 4.11. The number of carbonyl (C=O) groups is 2. The van der Waals surface area contributed by atoms with E-state index in [9.17, 15) is 9.59 Å². The Morgan fingerprint density at radius 3 is 2.77 bits per heavy atom. The van der Waals surface area contributed by atoms with Crippen LogP contribution in [0.1, 0.15) is 39.7 Å². The van der Waals surface area contributed by atoms with E-state index in [1.54, 1.807) is 24.3 Å². The van der Waals surface area contributed by atoms with Crippen LogP contribution < -0.4 is 11.1 Å². The topological polar surface area (TPSA) is 72.2 Å². The van der Waals surface area contributed by atoms with Crippen LogP contribution in [0.15, 0.2) is 24.3 Å². The maximum Gasteiger partial charge on any atom is 0.251 e. The third-order valence-corrected chi connectivity index (χ3v) is 6.27. The van der Waals surface area contributed by atoms with Crippen molar-refractivity contribution in [3.05, 3.63) is 55.9 Å². The highest BCUT2D eigenvalue weighted by molar-refractivity contribution is 7.17. The Balaban J connectivity index is 1.79. The van der Waals surface area contributed by atoms with E-state index in [-0.39, 0.29) is 5.91 Å². The number of hydrogen-bond donors (Lipinski definition) is 2. The number of primary amides is 1. The van der Waals surface area contributed by atoms with Gasteiger partial charge in [0.2, 0.25) is 5.91 Å². The van der Waals surface area contributed by atoms with Gasteiger partial charge in [-0.1, -0.05) is 36.2 Å². The molecular weight excluding hydrogens is 391 g/mol. The number of rotatable bonds is 4. The van der Waals surface area contributed by atoms with Crippen molar-refractivity contribution >= 4 is 57.4 Å². The molecule has 4 nitrogen and oxygen atoms in total. The summed E-state index contributed by atoms with van der Waals surface area (Å²) in [7, 11) is 0. The smallest absolute Gasteiger partial charge is 0.251 e. The number of thiophene rings is 1. The van der Waals surface area contributed by atoms with Crippen LogP contribution in [0.5, 0.6) is 0 Å². The monoisotopic (exact) mass is 408 g/mol. The summed E-state index contributed by atoms with van der Waals surface area (Å²) in [5, 5.41) is 4.20. The summed E-state index contributed by atoms with van der Waals surface area (Å²) in [5.41, 5.74) is 7.76. The molecule has 1 heterocycles. The van der Waals surface area contributed by atoms with Crippen LogP contribution >= 0.6 is 34.5 Å². The van der Waals surface area contributed by atoms with E-state index in [1.807, 2.05) is 0 Å². The first kappa shape index (κ1) is 19.0. The van der Waals surface area contributed by atoms with Crippen molar-refractivity contribution in [2.45, 2.75) is 26.2 Å². The molecule has 0 saturated carbocycles. The van der Waals surface area contributed by atoms with Crippen molar-refractivity contribution in [2.75, 3.05) is 5.32 Å². The Bertz CT molecular complexity index is 905. The van der Waals surface area contributed by atoms with Gasteiger partial charge in [-0.05, 0) is 54.5 Å². The van der Waals surface area contributed by atoms with Gasteiger partial charge in [0.15, 0.2) is 0 Å². The summed E-state index contributed by atoms with van der Waals surface area (Å²) < 4.78 is 0. The number of hydrogen-bond acceptors (Lipinski definition) is 3. The molecular formula is C19H18Cl2N2O2S.